The molecule has 0 spiro atoms. The Labute approximate surface area is 134 Å². The molecule has 24 heavy (non-hydrogen) atoms. The van der Waals surface area contributed by atoms with Crippen LogP contribution < -0.4 is 5.32 Å². The highest BCUT2D eigenvalue weighted by Gasteiger charge is 2.34. The lowest BCUT2D eigenvalue weighted by Gasteiger charge is -2.20. The van der Waals surface area contributed by atoms with Crippen LogP contribution in [0, 0.1) is 10.1 Å². The van der Waals surface area contributed by atoms with Gasteiger partial charge in [-0.05, 0) is 29.3 Å². The summed E-state index contributed by atoms with van der Waals surface area (Å²) < 4.78 is 38.4. The molecule has 0 fully saturated rings. The highest BCUT2D eigenvalue weighted by Crippen LogP contribution is 2.37. The second-order valence-corrected chi connectivity index (χ2v) is 5.61. The van der Waals surface area contributed by atoms with Crippen molar-refractivity contribution in [3.63, 3.8) is 0 Å². The normalized spacial score (nSPS) is 19.8. The number of benzene rings is 2. The third-order valence-corrected chi connectivity index (χ3v) is 4.00. The molecule has 126 valence electrons. The summed E-state index contributed by atoms with van der Waals surface area (Å²) in [5, 5.41) is 23.9. The Kier molecular flexibility index (Phi) is 3.92. The Hall–Kier alpha value is -2.61. The van der Waals surface area contributed by atoms with Crippen LogP contribution >= 0.6 is 0 Å². The maximum absolute atomic E-state index is 12.8. The molecular weight excluding hydrogens is 325 g/mol. The van der Waals surface area contributed by atoms with E-state index in [0.717, 1.165) is 17.7 Å². The van der Waals surface area contributed by atoms with Crippen LogP contribution in [-0.4, -0.2) is 16.1 Å². The van der Waals surface area contributed by atoms with Gasteiger partial charge in [-0.2, -0.15) is 13.2 Å². The highest BCUT2D eigenvalue weighted by atomic mass is 19.4. The number of aliphatic hydroxyl groups excluding tert-OH is 1. The van der Waals surface area contributed by atoms with E-state index in [1.165, 1.54) is 24.3 Å². The van der Waals surface area contributed by atoms with E-state index in [1.807, 2.05) is 0 Å². The Morgan fingerprint density at radius 2 is 1.96 bits per heavy atom. The summed E-state index contributed by atoms with van der Waals surface area (Å²) in [5.74, 6) is 0. The number of non-ortho nitro benzene ring substituents is 1. The first kappa shape index (κ1) is 16.3. The molecule has 2 N–H and O–H groups in total. The molecule has 5 nitrogen and oxygen atoms in total. The van der Waals surface area contributed by atoms with Gasteiger partial charge in [0, 0.05) is 24.2 Å². The van der Waals surface area contributed by atoms with Crippen molar-refractivity contribution >= 4 is 11.4 Å². The molecule has 3 rings (SSSR count). The van der Waals surface area contributed by atoms with E-state index in [-0.39, 0.29) is 17.8 Å². The summed E-state index contributed by atoms with van der Waals surface area (Å²) in [7, 11) is 0. The smallest absolute Gasteiger partial charge is 0.390 e. The van der Waals surface area contributed by atoms with E-state index in [2.05, 4.69) is 5.32 Å². The van der Waals surface area contributed by atoms with E-state index in [0.29, 0.717) is 5.56 Å². The number of rotatable bonds is 3. The lowest BCUT2D eigenvalue weighted by atomic mass is 10.1. The van der Waals surface area contributed by atoms with Crippen LogP contribution in [0.25, 0.3) is 0 Å². The largest absolute Gasteiger partial charge is 0.416 e. The second-order valence-electron chi connectivity index (χ2n) is 5.61. The number of anilines is 1. The minimum atomic E-state index is -4.47. The third kappa shape index (κ3) is 3.05. The summed E-state index contributed by atoms with van der Waals surface area (Å²) in [6.45, 7) is 0. The van der Waals surface area contributed by atoms with Gasteiger partial charge in [-0.15, -0.1) is 0 Å². The van der Waals surface area contributed by atoms with Crippen molar-refractivity contribution in [2.24, 2.45) is 0 Å². The number of hydrogen-bond donors (Lipinski definition) is 2. The van der Waals surface area contributed by atoms with Crippen molar-refractivity contribution in [2.45, 2.75) is 24.7 Å². The highest BCUT2D eigenvalue weighted by molar-refractivity contribution is 5.53. The van der Waals surface area contributed by atoms with Crippen LogP contribution in [0.5, 0.6) is 0 Å². The van der Waals surface area contributed by atoms with E-state index in [4.69, 9.17) is 0 Å². The first-order chi connectivity index (χ1) is 11.3. The minimum Gasteiger partial charge on any atom is -0.390 e. The molecule has 0 saturated carbocycles. The van der Waals surface area contributed by atoms with Crippen molar-refractivity contribution in [2.75, 3.05) is 5.32 Å². The van der Waals surface area contributed by atoms with Crippen molar-refractivity contribution < 1.29 is 23.2 Å². The van der Waals surface area contributed by atoms with Gasteiger partial charge in [0.1, 0.15) is 0 Å². The molecule has 0 bridgehead atoms. The Morgan fingerprint density at radius 3 is 2.62 bits per heavy atom. The fraction of sp³-hybridized carbons (Fsp3) is 0.250. The molecule has 0 heterocycles. The first-order valence-corrected chi connectivity index (χ1v) is 7.15. The lowest BCUT2D eigenvalue weighted by Crippen LogP contribution is -2.21. The maximum Gasteiger partial charge on any atom is 0.416 e. The fourth-order valence-electron chi connectivity index (χ4n) is 2.86. The van der Waals surface area contributed by atoms with Crippen molar-refractivity contribution in [1.29, 1.82) is 0 Å². The summed E-state index contributed by atoms with van der Waals surface area (Å²) >= 11 is 0. The minimum absolute atomic E-state index is 0.126. The van der Waals surface area contributed by atoms with Gasteiger partial charge in [-0.1, -0.05) is 12.1 Å². The molecule has 1 aliphatic carbocycles. The molecule has 0 saturated heterocycles. The van der Waals surface area contributed by atoms with Crippen molar-refractivity contribution in [3.8, 4) is 0 Å². The molecule has 2 aromatic rings. The number of alkyl halides is 3. The SMILES string of the molecule is O=[N+]([O-])c1ccc2c(c1)C(Nc1cccc(C(F)(F)F)c1)C(O)C2. The standard InChI is InChI=1S/C16H13F3N2O3/c17-16(18,19)10-2-1-3-11(7-10)20-15-13-8-12(21(23)24)5-4-9(13)6-14(15)22/h1-5,7-8,14-15,20,22H,6H2. The topological polar surface area (TPSA) is 75.4 Å². The molecule has 0 aromatic heterocycles. The molecule has 1 aliphatic rings. The van der Waals surface area contributed by atoms with Gasteiger partial charge in [0.2, 0.25) is 0 Å². The number of nitro groups is 1. The molecule has 2 unspecified atom stereocenters. The van der Waals surface area contributed by atoms with E-state index in [9.17, 15) is 28.4 Å². The van der Waals surface area contributed by atoms with Gasteiger partial charge >= 0.3 is 6.18 Å². The summed E-state index contributed by atoms with van der Waals surface area (Å²) in [4.78, 5) is 10.4. The predicted molar refractivity (Wildman–Crippen MR) is 80.6 cm³/mol. The molecule has 0 amide bonds. The summed E-state index contributed by atoms with van der Waals surface area (Å²) in [5.41, 5.74) is 0.512. The number of nitrogens with zero attached hydrogens (tertiary/aromatic N) is 1. The maximum atomic E-state index is 12.8. The number of nitrogens with one attached hydrogen (secondary N) is 1. The van der Waals surface area contributed by atoms with Gasteiger partial charge in [0.05, 0.1) is 22.6 Å². The third-order valence-electron chi connectivity index (χ3n) is 4.00. The summed E-state index contributed by atoms with van der Waals surface area (Å²) in [6, 6.07) is 8.16. The number of hydrogen-bond acceptors (Lipinski definition) is 4. The zero-order valence-corrected chi connectivity index (χ0v) is 12.2. The van der Waals surface area contributed by atoms with Crippen molar-refractivity contribution in [1.82, 2.24) is 0 Å². The van der Waals surface area contributed by atoms with Crippen LogP contribution in [0.15, 0.2) is 42.5 Å². The molecule has 2 aromatic carbocycles. The monoisotopic (exact) mass is 338 g/mol. The number of nitro benzene ring substituents is 1. The summed E-state index contributed by atoms with van der Waals surface area (Å²) in [6.07, 6.45) is -5.07. The van der Waals surface area contributed by atoms with E-state index < -0.39 is 28.8 Å². The van der Waals surface area contributed by atoms with Gasteiger partial charge in [0.25, 0.3) is 5.69 Å². The van der Waals surface area contributed by atoms with E-state index >= 15 is 0 Å². The zero-order valence-electron chi connectivity index (χ0n) is 12.2. The average molecular weight is 338 g/mol. The Bertz CT molecular complexity index is 792. The second kappa shape index (κ2) is 5.79. The number of halogens is 3. The molecule has 2 atom stereocenters. The van der Waals surface area contributed by atoms with Crippen LogP contribution in [0.3, 0.4) is 0 Å². The zero-order chi connectivity index (χ0) is 17.5. The Balaban J connectivity index is 1.92. The van der Waals surface area contributed by atoms with Gasteiger partial charge in [0.15, 0.2) is 0 Å². The van der Waals surface area contributed by atoms with Crippen LogP contribution in [0.4, 0.5) is 24.5 Å². The fourth-order valence-corrected chi connectivity index (χ4v) is 2.86. The van der Waals surface area contributed by atoms with Crippen LogP contribution in [0.1, 0.15) is 22.7 Å². The molecule has 0 radical (unpaired) electrons. The predicted octanol–water partition coefficient (Wildman–Crippen LogP) is 3.68. The van der Waals surface area contributed by atoms with Gasteiger partial charge in [-0.3, -0.25) is 10.1 Å². The first-order valence-electron chi connectivity index (χ1n) is 7.15. The number of aliphatic hydroxyl groups is 1. The Morgan fingerprint density at radius 1 is 1.21 bits per heavy atom. The van der Waals surface area contributed by atoms with Gasteiger partial charge in [-0.25, -0.2) is 0 Å². The number of fused-ring (bicyclic) bond motifs is 1. The van der Waals surface area contributed by atoms with Gasteiger partial charge < -0.3 is 10.4 Å². The molecule has 8 heteroatoms. The van der Waals surface area contributed by atoms with Crippen LogP contribution in [-0.2, 0) is 12.6 Å². The van der Waals surface area contributed by atoms with Crippen molar-refractivity contribution in [3.05, 3.63) is 69.3 Å². The average Bonchev–Trinajstić information content (AvgIpc) is 2.82. The lowest BCUT2D eigenvalue weighted by molar-refractivity contribution is -0.384. The quantitative estimate of drug-likeness (QED) is 0.661. The molecule has 0 aliphatic heterocycles. The van der Waals surface area contributed by atoms with Crippen LogP contribution in [0.2, 0.25) is 0 Å². The molecular formula is C16H13F3N2O3. The van der Waals surface area contributed by atoms with E-state index in [1.54, 1.807) is 6.07 Å².